The van der Waals surface area contributed by atoms with Crippen LogP contribution in [0.1, 0.15) is 5.56 Å². The van der Waals surface area contributed by atoms with Crippen molar-refractivity contribution in [1.29, 1.82) is 0 Å². The minimum Gasteiger partial charge on any atom is -0.484 e. The van der Waals surface area contributed by atoms with Crippen molar-refractivity contribution < 1.29 is 9.53 Å². The molecule has 0 aliphatic rings. The first-order valence-electron chi connectivity index (χ1n) is 11.4. The average Bonchev–Trinajstić information content (AvgIpc) is 2.93. The lowest BCUT2D eigenvalue weighted by molar-refractivity contribution is -0.123. The second-order valence-electron chi connectivity index (χ2n) is 8.10. The second kappa shape index (κ2) is 10.8. The third kappa shape index (κ3) is 5.59. The number of ether oxygens (including phenoxy) is 1. The molecule has 0 radical (unpaired) electrons. The Hall–Kier alpha value is -4.48. The van der Waals surface area contributed by atoms with E-state index in [1.807, 2.05) is 91.0 Å². The summed E-state index contributed by atoms with van der Waals surface area (Å²) in [5, 5.41) is 5.62. The van der Waals surface area contributed by atoms with Crippen LogP contribution in [0.2, 0.25) is 5.02 Å². The molecule has 1 aromatic heterocycles. The molecule has 6 heteroatoms. The molecule has 5 nitrogen and oxygen atoms in total. The molecule has 0 unspecified atom stereocenters. The van der Waals surface area contributed by atoms with E-state index >= 15 is 0 Å². The van der Waals surface area contributed by atoms with Crippen molar-refractivity contribution in [3.8, 4) is 28.1 Å². The molecule has 1 amide bonds. The summed E-state index contributed by atoms with van der Waals surface area (Å²) < 4.78 is 5.62. The summed E-state index contributed by atoms with van der Waals surface area (Å²) in [5.74, 6) is 0.241. The van der Waals surface area contributed by atoms with E-state index in [-0.39, 0.29) is 12.5 Å². The van der Waals surface area contributed by atoms with Crippen LogP contribution >= 0.6 is 11.6 Å². The number of amides is 1. The maximum Gasteiger partial charge on any atom is 0.277 e. The van der Waals surface area contributed by atoms with Crippen LogP contribution in [0.15, 0.2) is 114 Å². The van der Waals surface area contributed by atoms with Crippen LogP contribution in [0.3, 0.4) is 0 Å². The summed E-state index contributed by atoms with van der Waals surface area (Å²) in [7, 11) is 0. The van der Waals surface area contributed by atoms with Crippen molar-refractivity contribution in [3.05, 3.63) is 120 Å². The second-order valence-corrected chi connectivity index (χ2v) is 8.54. The monoisotopic (exact) mass is 491 g/mol. The zero-order valence-corrected chi connectivity index (χ0v) is 20.0. The number of nitrogens with zero attached hydrogens (tertiary/aromatic N) is 2. The minimum absolute atomic E-state index is 0.140. The standard InChI is InChI=1S/C30H22ClN3O2/c31-24-13-16-28-27(17-24)26(22-9-5-2-6-10-22)18-29(33-28)23-11-14-25(15-12-23)36-20-30(35)34-32-19-21-7-3-1-4-8-21/h1-19H,20H2,(H,34,35). The predicted octanol–water partition coefficient (Wildman–Crippen LogP) is 6.75. The fourth-order valence-electron chi connectivity index (χ4n) is 3.82. The van der Waals surface area contributed by atoms with Crippen LogP contribution in [0.4, 0.5) is 0 Å². The fourth-order valence-corrected chi connectivity index (χ4v) is 4.00. The van der Waals surface area contributed by atoms with Crippen molar-refractivity contribution in [3.63, 3.8) is 0 Å². The molecular weight excluding hydrogens is 470 g/mol. The molecule has 0 spiro atoms. The van der Waals surface area contributed by atoms with Gasteiger partial charge in [0.05, 0.1) is 17.4 Å². The van der Waals surface area contributed by atoms with E-state index in [4.69, 9.17) is 21.3 Å². The Labute approximate surface area is 214 Å². The van der Waals surface area contributed by atoms with Gasteiger partial charge < -0.3 is 4.74 Å². The smallest absolute Gasteiger partial charge is 0.277 e. The van der Waals surface area contributed by atoms with Crippen LogP contribution in [0.5, 0.6) is 5.75 Å². The van der Waals surface area contributed by atoms with E-state index < -0.39 is 0 Å². The van der Waals surface area contributed by atoms with E-state index in [0.717, 1.165) is 38.9 Å². The van der Waals surface area contributed by atoms with E-state index in [2.05, 4.69) is 28.7 Å². The first-order valence-corrected chi connectivity index (χ1v) is 11.8. The summed E-state index contributed by atoms with van der Waals surface area (Å²) in [4.78, 5) is 16.9. The summed E-state index contributed by atoms with van der Waals surface area (Å²) in [6.07, 6.45) is 1.58. The Bertz CT molecular complexity index is 1520. The normalized spacial score (nSPS) is 11.0. The van der Waals surface area contributed by atoms with Crippen molar-refractivity contribution in [2.24, 2.45) is 5.10 Å². The number of halogens is 1. The van der Waals surface area contributed by atoms with Crippen LogP contribution < -0.4 is 10.2 Å². The number of hydrazone groups is 1. The summed E-state index contributed by atoms with van der Waals surface area (Å²) >= 11 is 6.28. The maximum atomic E-state index is 12.0. The SMILES string of the molecule is O=C(COc1ccc(-c2cc(-c3ccccc3)c3cc(Cl)ccc3n2)cc1)NN=Cc1ccccc1. The molecule has 36 heavy (non-hydrogen) atoms. The first-order chi connectivity index (χ1) is 17.7. The number of hydrogen-bond donors (Lipinski definition) is 1. The third-order valence-corrected chi connectivity index (χ3v) is 5.81. The molecule has 5 aromatic rings. The number of hydrogen-bond acceptors (Lipinski definition) is 4. The van der Waals surface area contributed by atoms with Crippen molar-refractivity contribution >= 4 is 34.6 Å². The quantitative estimate of drug-likeness (QED) is 0.202. The fraction of sp³-hybridized carbons (Fsp3) is 0.0333. The van der Waals surface area contributed by atoms with E-state index in [1.54, 1.807) is 6.21 Å². The Morgan fingerprint density at radius 3 is 2.33 bits per heavy atom. The highest BCUT2D eigenvalue weighted by atomic mass is 35.5. The zero-order valence-electron chi connectivity index (χ0n) is 19.3. The Kier molecular flexibility index (Phi) is 7.01. The van der Waals surface area contributed by atoms with Gasteiger partial charge in [0, 0.05) is 16.0 Å². The molecule has 0 atom stereocenters. The number of benzene rings is 4. The number of aromatic nitrogens is 1. The molecular formula is C30H22ClN3O2. The first kappa shape index (κ1) is 23.3. The lowest BCUT2D eigenvalue weighted by Gasteiger charge is -2.11. The van der Waals surface area contributed by atoms with Crippen LogP contribution in [-0.2, 0) is 4.79 Å². The Balaban J connectivity index is 1.30. The lowest BCUT2D eigenvalue weighted by Crippen LogP contribution is -2.24. The molecule has 1 heterocycles. The van der Waals surface area contributed by atoms with Gasteiger partial charge in [-0.25, -0.2) is 10.4 Å². The van der Waals surface area contributed by atoms with Crippen molar-refractivity contribution in [1.82, 2.24) is 10.4 Å². The van der Waals surface area contributed by atoms with Gasteiger partial charge in [-0.15, -0.1) is 0 Å². The van der Waals surface area contributed by atoms with E-state index in [1.165, 1.54) is 0 Å². The molecule has 0 aliphatic carbocycles. The molecule has 0 saturated carbocycles. The molecule has 0 fully saturated rings. The molecule has 4 aromatic carbocycles. The largest absolute Gasteiger partial charge is 0.484 e. The molecule has 176 valence electrons. The van der Waals surface area contributed by atoms with Gasteiger partial charge in [-0.1, -0.05) is 72.3 Å². The van der Waals surface area contributed by atoms with Crippen LogP contribution in [0, 0.1) is 0 Å². The van der Waals surface area contributed by atoms with Crippen LogP contribution in [0.25, 0.3) is 33.3 Å². The number of rotatable bonds is 7. The van der Waals surface area contributed by atoms with E-state index in [9.17, 15) is 4.79 Å². The highest BCUT2D eigenvalue weighted by Crippen LogP contribution is 2.33. The highest BCUT2D eigenvalue weighted by Gasteiger charge is 2.11. The maximum absolute atomic E-state index is 12.0. The van der Waals surface area contributed by atoms with Crippen molar-refractivity contribution in [2.45, 2.75) is 0 Å². The summed E-state index contributed by atoms with van der Waals surface area (Å²) in [5.41, 5.74) is 8.16. The summed E-state index contributed by atoms with van der Waals surface area (Å²) in [6.45, 7) is -0.140. The average molecular weight is 492 g/mol. The number of nitrogens with one attached hydrogen (secondary N) is 1. The molecule has 0 bridgehead atoms. The Morgan fingerprint density at radius 1 is 0.861 bits per heavy atom. The topological polar surface area (TPSA) is 63.6 Å². The summed E-state index contributed by atoms with van der Waals surface area (Å²) in [6, 6.07) is 35.0. The van der Waals surface area contributed by atoms with Crippen molar-refractivity contribution in [2.75, 3.05) is 6.61 Å². The van der Waals surface area contributed by atoms with Gasteiger partial charge in [-0.3, -0.25) is 4.79 Å². The number of pyridine rings is 1. The van der Waals surface area contributed by atoms with E-state index in [0.29, 0.717) is 10.8 Å². The lowest BCUT2D eigenvalue weighted by atomic mass is 9.98. The minimum atomic E-state index is -0.339. The van der Waals surface area contributed by atoms with Gasteiger partial charge >= 0.3 is 0 Å². The Morgan fingerprint density at radius 2 is 1.58 bits per heavy atom. The predicted molar refractivity (Wildman–Crippen MR) is 145 cm³/mol. The van der Waals surface area contributed by atoms with Gasteiger partial charge in [0.15, 0.2) is 6.61 Å². The van der Waals surface area contributed by atoms with Gasteiger partial charge in [-0.2, -0.15) is 5.10 Å². The van der Waals surface area contributed by atoms with Crippen LogP contribution in [-0.4, -0.2) is 23.7 Å². The van der Waals surface area contributed by atoms with Gasteiger partial charge in [0.25, 0.3) is 5.91 Å². The number of carbonyl (C=O) groups is 1. The molecule has 0 aliphatic heterocycles. The zero-order chi connectivity index (χ0) is 24.7. The molecule has 5 rings (SSSR count). The highest BCUT2D eigenvalue weighted by molar-refractivity contribution is 6.31. The number of fused-ring (bicyclic) bond motifs is 1. The van der Waals surface area contributed by atoms with Gasteiger partial charge in [0.1, 0.15) is 5.75 Å². The van der Waals surface area contributed by atoms with Gasteiger partial charge in [-0.05, 0) is 65.2 Å². The number of carbonyl (C=O) groups excluding carboxylic acids is 1. The molecule has 1 N–H and O–H groups in total. The molecule has 0 saturated heterocycles. The third-order valence-electron chi connectivity index (χ3n) is 5.58. The van der Waals surface area contributed by atoms with Gasteiger partial charge in [0.2, 0.25) is 0 Å².